The van der Waals surface area contributed by atoms with Crippen molar-refractivity contribution in [3.8, 4) is 0 Å². The number of carbonyl (C=O) groups is 2. The van der Waals surface area contributed by atoms with Crippen molar-refractivity contribution in [3.05, 3.63) is 34.7 Å². The molecule has 1 aliphatic heterocycles. The number of benzene rings is 1. The molecule has 2 amide bonds. The lowest BCUT2D eigenvalue weighted by Gasteiger charge is -2.30. The predicted octanol–water partition coefficient (Wildman–Crippen LogP) is 4.39. The molecule has 0 aliphatic carbocycles. The molecule has 0 spiro atoms. The summed E-state index contributed by atoms with van der Waals surface area (Å²) in [6.07, 6.45) is 5.43. The molecule has 1 atom stereocenters. The van der Waals surface area contributed by atoms with Gasteiger partial charge >= 0.3 is 0 Å². The molecule has 1 unspecified atom stereocenters. The number of carbonyl (C=O) groups excluding carboxylic acids is 2. The SMILES string of the molecule is COCCC(=O)N1CCCCCC1Cc1c(C(=O)NC(C)C)sc2ccccc12. The van der Waals surface area contributed by atoms with Crippen LogP contribution in [-0.2, 0) is 16.0 Å². The Morgan fingerprint density at radius 3 is 2.79 bits per heavy atom. The van der Waals surface area contributed by atoms with Crippen molar-refractivity contribution < 1.29 is 14.3 Å². The zero-order chi connectivity index (χ0) is 20.8. The van der Waals surface area contributed by atoms with Gasteiger partial charge in [-0.25, -0.2) is 0 Å². The standard InChI is InChI=1S/C23H32N2O3S/c1-16(2)24-23(27)22-19(18-10-6-7-11-20(18)29-22)15-17-9-5-4-8-13-25(17)21(26)12-14-28-3/h6-7,10-11,16-17H,4-5,8-9,12-15H2,1-3H3,(H,24,27). The van der Waals surface area contributed by atoms with Crippen LogP contribution < -0.4 is 5.32 Å². The summed E-state index contributed by atoms with van der Waals surface area (Å²) in [5, 5.41) is 4.19. The van der Waals surface area contributed by atoms with Crippen LogP contribution in [0.1, 0.15) is 61.2 Å². The Morgan fingerprint density at radius 1 is 1.24 bits per heavy atom. The fourth-order valence-electron chi connectivity index (χ4n) is 4.10. The third kappa shape index (κ3) is 5.37. The molecule has 0 radical (unpaired) electrons. The summed E-state index contributed by atoms with van der Waals surface area (Å²) in [7, 11) is 1.63. The minimum Gasteiger partial charge on any atom is -0.384 e. The molecule has 29 heavy (non-hydrogen) atoms. The molecule has 2 aromatic rings. The number of amides is 2. The van der Waals surface area contributed by atoms with Gasteiger partial charge < -0.3 is 15.0 Å². The minimum absolute atomic E-state index is 0.0120. The highest BCUT2D eigenvalue weighted by atomic mass is 32.1. The van der Waals surface area contributed by atoms with E-state index in [1.165, 1.54) is 0 Å². The number of methoxy groups -OCH3 is 1. The van der Waals surface area contributed by atoms with Crippen molar-refractivity contribution in [2.75, 3.05) is 20.3 Å². The summed E-state index contributed by atoms with van der Waals surface area (Å²) in [5.41, 5.74) is 1.08. The first-order valence-corrected chi connectivity index (χ1v) is 11.4. The fourth-order valence-corrected chi connectivity index (χ4v) is 5.23. The quantitative estimate of drug-likeness (QED) is 0.728. The maximum Gasteiger partial charge on any atom is 0.261 e. The number of thiophene rings is 1. The number of nitrogens with zero attached hydrogens (tertiary/aromatic N) is 1. The van der Waals surface area contributed by atoms with E-state index in [9.17, 15) is 9.59 Å². The largest absolute Gasteiger partial charge is 0.384 e. The lowest BCUT2D eigenvalue weighted by molar-refractivity contribution is -0.134. The van der Waals surface area contributed by atoms with Crippen LogP contribution in [0.3, 0.4) is 0 Å². The second-order valence-electron chi connectivity index (χ2n) is 8.07. The molecule has 1 aromatic carbocycles. The van der Waals surface area contributed by atoms with E-state index in [1.807, 2.05) is 30.9 Å². The van der Waals surface area contributed by atoms with E-state index >= 15 is 0 Å². The van der Waals surface area contributed by atoms with Gasteiger partial charge in [0.1, 0.15) is 0 Å². The molecular weight excluding hydrogens is 384 g/mol. The molecule has 1 aliphatic rings. The third-order valence-corrected chi connectivity index (χ3v) is 6.69. The van der Waals surface area contributed by atoms with E-state index in [-0.39, 0.29) is 23.9 Å². The Bertz CT molecular complexity index is 846. The van der Waals surface area contributed by atoms with Gasteiger partial charge in [-0.05, 0) is 50.1 Å². The van der Waals surface area contributed by atoms with Crippen molar-refractivity contribution in [2.45, 2.75) is 64.5 Å². The van der Waals surface area contributed by atoms with Crippen molar-refractivity contribution in [2.24, 2.45) is 0 Å². The van der Waals surface area contributed by atoms with Gasteiger partial charge in [-0.15, -0.1) is 11.3 Å². The maximum atomic E-state index is 12.9. The van der Waals surface area contributed by atoms with E-state index in [1.54, 1.807) is 18.4 Å². The Balaban J connectivity index is 1.93. The van der Waals surface area contributed by atoms with E-state index < -0.39 is 0 Å². The topological polar surface area (TPSA) is 58.6 Å². The number of ether oxygens (including phenoxy) is 1. The van der Waals surface area contributed by atoms with E-state index in [2.05, 4.69) is 17.4 Å². The smallest absolute Gasteiger partial charge is 0.261 e. The molecule has 0 bridgehead atoms. The van der Waals surface area contributed by atoms with Gasteiger partial charge in [0.05, 0.1) is 17.9 Å². The molecule has 2 heterocycles. The van der Waals surface area contributed by atoms with Gasteiger partial charge in [0.2, 0.25) is 5.91 Å². The van der Waals surface area contributed by atoms with Gasteiger partial charge in [0.25, 0.3) is 5.91 Å². The van der Waals surface area contributed by atoms with E-state index in [0.717, 1.165) is 59.2 Å². The van der Waals surface area contributed by atoms with Gasteiger partial charge in [0.15, 0.2) is 0 Å². The van der Waals surface area contributed by atoms with Crippen LogP contribution in [-0.4, -0.2) is 49.1 Å². The molecule has 5 nitrogen and oxygen atoms in total. The Labute approximate surface area is 177 Å². The average molecular weight is 417 g/mol. The lowest BCUT2D eigenvalue weighted by Crippen LogP contribution is -2.42. The fraction of sp³-hybridized carbons (Fsp3) is 0.565. The molecule has 1 saturated heterocycles. The number of fused-ring (bicyclic) bond motifs is 1. The molecule has 1 fully saturated rings. The number of nitrogens with one attached hydrogen (secondary N) is 1. The zero-order valence-electron chi connectivity index (χ0n) is 17.7. The minimum atomic E-state index is -0.0120. The number of hydrogen-bond donors (Lipinski definition) is 1. The van der Waals surface area contributed by atoms with Crippen LogP contribution in [0.4, 0.5) is 0 Å². The highest BCUT2D eigenvalue weighted by Crippen LogP contribution is 2.34. The number of rotatable bonds is 7. The summed E-state index contributed by atoms with van der Waals surface area (Å²) < 4.78 is 6.25. The van der Waals surface area contributed by atoms with Gasteiger partial charge in [-0.1, -0.05) is 31.0 Å². The number of likely N-dealkylation sites (tertiary alicyclic amines) is 1. The monoisotopic (exact) mass is 416 g/mol. The van der Waals surface area contributed by atoms with Crippen LogP contribution >= 0.6 is 11.3 Å². The normalized spacial score (nSPS) is 17.5. The summed E-state index contributed by atoms with van der Waals surface area (Å²) in [6, 6.07) is 8.43. The Kier molecular flexibility index (Phi) is 7.67. The second kappa shape index (κ2) is 10.2. The predicted molar refractivity (Wildman–Crippen MR) is 119 cm³/mol. The second-order valence-corrected chi connectivity index (χ2v) is 9.12. The molecule has 0 saturated carbocycles. The summed E-state index contributed by atoms with van der Waals surface area (Å²) in [6.45, 7) is 5.20. The molecular formula is C23H32N2O3S. The first-order chi connectivity index (χ1) is 14.0. The Hall–Kier alpha value is -1.92. The van der Waals surface area contributed by atoms with Gasteiger partial charge in [0, 0.05) is 30.4 Å². The van der Waals surface area contributed by atoms with Gasteiger partial charge in [-0.3, -0.25) is 9.59 Å². The van der Waals surface area contributed by atoms with Crippen molar-refractivity contribution >= 4 is 33.2 Å². The maximum absolute atomic E-state index is 12.9. The van der Waals surface area contributed by atoms with E-state index in [4.69, 9.17) is 4.74 Å². The van der Waals surface area contributed by atoms with Crippen LogP contribution in [0.25, 0.3) is 10.1 Å². The highest BCUT2D eigenvalue weighted by Gasteiger charge is 2.28. The third-order valence-electron chi connectivity index (χ3n) is 5.48. The number of hydrogen-bond acceptors (Lipinski definition) is 4. The molecule has 6 heteroatoms. The first-order valence-electron chi connectivity index (χ1n) is 10.6. The highest BCUT2D eigenvalue weighted by molar-refractivity contribution is 7.21. The Morgan fingerprint density at radius 2 is 2.03 bits per heavy atom. The lowest BCUT2D eigenvalue weighted by atomic mass is 9.97. The summed E-state index contributed by atoms with van der Waals surface area (Å²) in [4.78, 5) is 28.6. The van der Waals surface area contributed by atoms with E-state index in [0.29, 0.717) is 13.0 Å². The van der Waals surface area contributed by atoms with Crippen molar-refractivity contribution in [3.63, 3.8) is 0 Å². The van der Waals surface area contributed by atoms with Crippen LogP contribution in [0.5, 0.6) is 0 Å². The average Bonchev–Trinajstić information content (AvgIpc) is 2.89. The molecule has 1 N–H and O–H groups in total. The summed E-state index contributed by atoms with van der Waals surface area (Å²) >= 11 is 1.56. The van der Waals surface area contributed by atoms with Crippen LogP contribution in [0.15, 0.2) is 24.3 Å². The van der Waals surface area contributed by atoms with Crippen LogP contribution in [0.2, 0.25) is 0 Å². The van der Waals surface area contributed by atoms with Crippen molar-refractivity contribution in [1.29, 1.82) is 0 Å². The summed E-state index contributed by atoms with van der Waals surface area (Å²) in [5.74, 6) is 0.147. The van der Waals surface area contributed by atoms with Crippen molar-refractivity contribution in [1.82, 2.24) is 10.2 Å². The molecule has 1 aromatic heterocycles. The molecule has 3 rings (SSSR count). The zero-order valence-corrected chi connectivity index (χ0v) is 18.5. The van der Waals surface area contributed by atoms with Gasteiger partial charge in [-0.2, -0.15) is 0 Å². The van der Waals surface area contributed by atoms with Crippen LogP contribution in [0, 0.1) is 0 Å². The molecule has 158 valence electrons. The first kappa shape index (κ1) is 21.8.